The highest BCUT2D eigenvalue weighted by Crippen LogP contribution is 2.09. The minimum Gasteiger partial charge on any atom is -0.337 e. The first-order chi connectivity index (χ1) is 12.9. The molecular formula is C20H27N3O3S. The molecule has 1 atom stereocenters. The Kier molecular flexibility index (Phi) is 7.82. The van der Waals surface area contributed by atoms with E-state index in [1.165, 1.54) is 5.56 Å². The van der Waals surface area contributed by atoms with Crippen LogP contribution in [0.2, 0.25) is 0 Å². The van der Waals surface area contributed by atoms with E-state index in [1.807, 2.05) is 32.0 Å². The van der Waals surface area contributed by atoms with Crippen LogP contribution in [0.1, 0.15) is 24.5 Å². The summed E-state index contributed by atoms with van der Waals surface area (Å²) >= 11 is 0. The Bertz CT molecular complexity index is 821. The Labute approximate surface area is 161 Å². The number of hydrogen-bond donors (Lipinski definition) is 3. The predicted molar refractivity (Wildman–Crippen MR) is 107 cm³/mol. The van der Waals surface area contributed by atoms with E-state index in [1.54, 1.807) is 24.3 Å². The SMILES string of the molecule is Cc1ccc(S(=O)(=O)NCCNC(=O)NC(C)CCc2ccccc2)cc1. The summed E-state index contributed by atoms with van der Waals surface area (Å²) in [4.78, 5) is 12.1. The van der Waals surface area contributed by atoms with E-state index < -0.39 is 10.0 Å². The van der Waals surface area contributed by atoms with Crippen LogP contribution in [0, 0.1) is 6.92 Å². The molecule has 6 nitrogen and oxygen atoms in total. The van der Waals surface area contributed by atoms with Crippen LogP contribution in [0.4, 0.5) is 4.79 Å². The van der Waals surface area contributed by atoms with Gasteiger partial charge in [-0.15, -0.1) is 0 Å². The fourth-order valence-electron chi connectivity index (χ4n) is 2.54. The number of carbonyl (C=O) groups excluding carboxylic acids is 1. The number of urea groups is 1. The zero-order valence-corrected chi connectivity index (χ0v) is 16.6. The summed E-state index contributed by atoms with van der Waals surface area (Å²) in [6, 6.07) is 16.4. The number of nitrogens with one attached hydrogen (secondary N) is 3. The molecule has 2 aromatic rings. The smallest absolute Gasteiger partial charge is 0.315 e. The lowest BCUT2D eigenvalue weighted by Gasteiger charge is -2.15. The van der Waals surface area contributed by atoms with Crippen LogP contribution in [0.25, 0.3) is 0 Å². The van der Waals surface area contributed by atoms with Crippen molar-refractivity contribution in [3.63, 3.8) is 0 Å². The van der Waals surface area contributed by atoms with Crippen molar-refractivity contribution >= 4 is 16.1 Å². The molecule has 7 heteroatoms. The van der Waals surface area contributed by atoms with Crippen LogP contribution in [-0.4, -0.2) is 33.6 Å². The second-order valence-electron chi connectivity index (χ2n) is 6.54. The van der Waals surface area contributed by atoms with Gasteiger partial charge in [-0.25, -0.2) is 17.9 Å². The van der Waals surface area contributed by atoms with Gasteiger partial charge in [-0.2, -0.15) is 0 Å². The van der Waals surface area contributed by atoms with Crippen molar-refractivity contribution in [2.75, 3.05) is 13.1 Å². The quantitative estimate of drug-likeness (QED) is 0.576. The van der Waals surface area contributed by atoms with Gasteiger partial charge in [-0.05, 0) is 44.4 Å². The third kappa shape index (κ3) is 7.40. The van der Waals surface area contributed by atoms with Gasteiger partial charge in [0.25, 0.3) is 0 Å². The molecule has 0 spiro atoms. The van der Waals surface area contributed by atoms with Gasteiger partial charge in [0.2, 0.25) is 10.0 Å². The van der Waals surface area contributed by atoms with Crippen molar-refractivity contribution in [2.45, 2.75) is 37.6 Å². The lowest BCUT2D eigenvalue weighted by molar-refractivity contribution is 0.237. The van der Waals surface area contributed by atoms with Gasteiger partial charge in [-0.1, -0.05) is 48.0 Å². The maximum absolute atomic E-state index is 12.1. The Morgan fingerprint density at radius 2 is 1.67 bits per heavy atom. The minimum absolute atomic E-state index is 0.0226. The highest BCUT2D eigenvalue weighted by molar-refractivity contribution is 7.89. The Morgan fingerprint density at radius 1 is 1.00 bits per heavy atom. The third-order valence-corrected chi connectivity index (χ3v) is 5.60. The molecule has 2 aromatic carbocycles. The van der Waals surface area contributed by atoms with E-state index in [9.17, 15) is 13.2 Å². The Balaban J connectivity index is 1.66. The van der Waals surface area contributed by atoms with Crippen molar-refractivity contribution in [3.8, 4) is 0 Å². The van der Waals surface area contributed by atoms with Gasteiger partial charge in [0, 0.05) is 19.1 Å². The van der Waals surface area contributed by atoms with Crippen LogP contribution < -0.4 is 15.4 Å². The zero-order valence-electron chi connectivity index (χ0n) is 15.7. The van der Waals surface area contributed by atoms with E-state index >= 15 is 0 Å². The van der Waals surface area contributed by atoms with Crippen LogP contribution in [-0.2, 0) is 16.4 Å². The molecule has 0 heterocycles. The fourth-order valence-corrected chi connectivity index (χ4v) is 3.57. The first-order valence-corrected chi connectivity index (χ1v) is 10.5. The molecule has 0 aliphatic heterocycles. The molecule has 0 fully saturated rings. The molecule has 0 radical (unpaired) electrons. The van der Waals surface area contributed by atoms with Crippen LogP contribution >= 0.6 is 0 Å². The van der Waals surface area contributed by atoms with E-state index in [2.05, 4.69) is 27.5 Å². The molecule has 0 aliphatic carbocycles. The van der Waals surface area contributed by atoms with E-state index in [4.69, 9.17) is 0 Å². The van der Waals surface area contributed by atoms with E-state index in [-0.39, 0.29) is 30.1 Å². The van der Waals surface area contributed by atoms with Crippen molar-refractivity contribution in [1.82, 2.24) is 15.4 Å². The Hall–Kier alpha value is -2.38. The number of hydrogen-bond acceptors (Lipinski definition) is 3. The fraction of sp³-hybridized carbons (Fsp3) is 0.350. The van der Waals surface area contributed by atoms with Gasteiger partial charge >= 0.3 is 6.03 Å². The number of benzene rings is 2. The maximum Gasteiger partial charge on any atom is 0.315 e. The molecule has 0 saturated heterocycles. The molecular weight excluding hydrogens is 362 g/mol. The van der Waals surface area contributed by atoms with Gasteiger partial charge < -0.3 is 10.6 Å². The maximum atomic E-state index is 12.1. The number of carbonyl (C=O) groups is 1. The summed E-state index contributed by atoms with van der Waals surface area (Å²) in [5.74, 6) is 0. The van der Waals surface area contributed by atoms with Gasteiger partial charge in [0.05, 0.1) is 4.90 Å². The molecule has 0 bridgehead atoms. The molecule has 2 rings (SSSR count). The first kappa shape index (κ1) is 20.9. The largest absolute Gasteiger partial charge is 0.337 e. The molecule has 27 heavy (non-hydrogen) atoms. The number of sulfonamides is 1. The summed E-state index contributed by atoms with van der Waals surface area (Å²) in [7, 11) is -3.56. The van der Waals surface area contributed by atoms with Crippen molar-refractivity contribution in [2.24, 2.45) is 0 Å². The monoisotopic (exact) mass is 389 g/mol. The average molecular weight is 390 g/mol. The molecule has 0 aromatic heterocycles. The molecule has 0 saturated carbocycles. The Morgan fingerprint density at radius 3 is 2.33 bits per heavy atom. The molecule has 1 unspecified atom stereocenters. The van der Waals surface area contributed by atoms with E-state index in [0.29, 0.717) is 0 Å². The summed E-state index contributed by atoms with van der Waals surface area (Å²) < 4.78 is 26.8. The van der Waals surface area contributed by atoms with Crippen LogP contribution in [0.3, 0.4) is 0 Å². The topological polar surface area (TPSA) is 87.3 Å². The number of amides is 2. The van der Waals surface area contributed by atoms with Crippen molar-refractivity contribution in [3.05, 3.63) is 65.7 Å². The van der Waals surface area contributed by atoms with Crippen molar-refractivity contribution in [1.29, 1.82) is 0 Å². The van der Waals surface area contributed by atoms with Crippen LogP contribution in [0.15, 0.2) is 59.5 Å². The summed E-state index contributed by atoms with van der Waals surface area (Å²) in [5, 5.41) is 5.53. The molecule has 2 amide bonds. The second-order valence-corrected chi connectivity index (χ2v) is 8.30. The highest BCUT2D eigenvalue weighted by atomic mass is 32.2. The molecule has 3 N–H and O–H groups in total. The standard InChI is InChI=1S/C20H27N3O3S/c1-16-8-12-19(13-9-16)27(25,26)22-15-14-21-20(24)23-17(2)10-11-18-6-4-3-5-7-18/h3-9,12-13,17,22H,10-11,14-15H2,1-2H3,(H2,21,23,24). The summed E-state index contributed by atoms with van der Waals surface area (Å²) in [5.41, 5.74) is 2.23. The van der Waals surface area contributed by atoms with Gasteiger partial charge in [0.1, 0.15) is 0 Å². The molecule has 146 valence electrons. The number of aryl methyl sites for hydroxylation is 2. The van der Waals surface area contributed by atoms with Gasteiger partial charge in [0.15, 0.2) is 0 Å². The lowest BCUT2D eigenvalue weighted by Crippen LogP contribution is -2.43. The number of rotatable bonds is 9. The summed E-state index contributed by atoms with van der Waals surface area (Å²) in [6.45, 7) is 4.18. The van der Waals surface area contributed by atoms with Crippen molar-refractivity contribution < 1.29 is 13.2 Å². The average Bonchev–Trinajstić information content (AvgIpc) is 2.65. The van der Waals surface area contributed by atoms with Gasteiger partial charge in [-0.3, -0.25) is 0 Å². The normalized spacial score (nSPS) is 12.4. The highest BCUT2D eigenvalue weighted by Gasteiger charge is 2.13. The lowest BCUT2D eigenvalue weighted by atomic mass is 10.1. The third-order valence-electron chi connectivity index (χ3n) is 4.12. The second kappa shape index (κ2) is 10.1. The van der Waals surface area contributed by atoms with Crippen LogP contribution in [0.5, 0.6) is 0 Å². The van der Waals surface area contributed by atoms with E-state index in [0.717, 1.165) is 18.4 Å². The first-order valence-electron chi connectivity index (χ1n) is 9.01. The zero-order chi connectivity index (χ0) is 19.7. The predicted octanol–water partition coefficient (Wildman–Crippen LogP) is 2.59. The molecule has 0 aliphatic rings. The summed E-state index contributed by atoms with van der Waals surface area (Å²) in [6.07, 6.45) is 1.72. The minimum atomic E-state index is -3.56.